The van der Waals surface area contributed by atoms with Gasteiger partial charge in [0.05, 0.1) is 5.92 Å². The molecule has 1 aromatic rings. The van der Waals surface area contributed by atoms with E-state index in [1.165, 1.54) is 5.56 Å². The zero-order valence-corrected chi connectivity index (χ0v) is 15.1. The molecule has 1 aliphatic carbocycles. The van der Waals surface area contributed by atoms with Crippen LogP contribution in [0.5, 0.6) is 0 Å². The Bertz CT molecular complexity index is 611. The highest BCUT2D eigenvalue weighted by atomic mass is 16.2. The van der Waals surface area contributed by atoms with Gasteiger partial charge in [-0.05, 0) is 41.9 Å². The van der Waals surface area contributed by atoms with Gasteiger partial charge in [0.15, 0.2) is 0 Å². The highest BCUT2D eigenvalue weighted by molar-refractivity contribution is 5.91. The van der Waals surface area contributed by atoms with E-state index in [-0.39, 0.29) is 23.9 Å². The van der Waals surface area contributed by atoms with Gasteiger partial charge in [-0.15, -0.1) is 0 Å². The fourth-order valence-electron chi connectivity index (χ4n) is 3.33. The van der Waals surface area contributed by atoms with Crippen molar-refractivity contribution < 1.29 is 9.59 Å². The van der Waals surface area contributed by atoms with E-state index in [0.717, 1.165) is 30.5 Å². The first-order chi connectivity index (χ1) is 11.3. The number of urea groups is 1. The van der Waals surface area contributed by atoms with E-state index in [1.807, 2.05) is 12.1 Å². The Labute approximate surface area is 144 Å². The molecule has 0 radical (unpaired) electrons. The summed E-state index contributed by atoms with van der Waals surface area (Å²) in [6.07, 6.45) is 2.46. The van der Waals surface area contributed by atoms with E-state index in [1.54, 1.807) is 0 Å². The summed E-state index contributed by atoms with van der Waals surface area (Å²) in [6.45, 7) is 8.54. The van der Waals surface area contributed by atoms with Crippen molar-refractivity contribution >= 4 is 17.6 Å². The van der Waals surface area contributed by atoms with Crippen LogP contribution < -0.4 is 16.4 Å². The minimum atomic E-state index is -0.332. The molecule has 24 heavy (non-hydrogen) atoms. The van der Waals surface area contributed by atoms with Crippen LogP contribution in [0.3, 0.4) is 0 Å². The number of anilines is 1. The molecule has 132 valence electrons. The Balaban J connectivity index is 2.09. The van der Waals surface area contributed by atoms with Crippen LogP contribution in [0.15, 0.2) is 18.2 Å². The van der Waals surface area contributed by atoms with Gasteiger partial charge in [-0.1, -0.05) is 46.2 Å². The summed E-state index contributed by atoms with van der Waals surface area (Å²) in [5, 5.41) is 5.85. The summed E-state index contributed by atoms with van der Waals surface area (Å²) in [6, 6.07) is 5.73. The average Bonchev–Trinajstić information content (AvgIpc) is 2.95. The van der Waals surface area contributed by atoms with E-state index in [2.05, 4.69) is 44.4 Å². The van der Waals surface area contributed by atoms with Crippen LogP contribution >= 0.6 is 0 Å². The topological polar surface area (TPSA) is 84.2 Å². The Morgan fingerprint density at radius 1 is 1.12 bits per heavy atom. The summed E-state index contributed by atoms with van der Waals surface area (Å²) < 4.78 is 0. The third-order valence-electron chi connectivity index (χ3n) is 4.81. The third kappa shape index (κ3) is 4.28. The van der Waals surface area contributed by atoms with Crippen molar-refractivity contribution in [3.8, 4) is 0 Å². The zero-order chi connectivity index (χ0) is 17.9. The minimum Gasteiger partial charge on any atom is -0.369 e. The van der Waals surface area contributed by atoms with E-state index in [9.17, 15) is 9.59 Å². The molecule has 5 nitrogen and oxygen atoms in total. The molecule has 4 N–H and O–H groups in total. The van der Waals surface area contributed by atoms with E-state index >= 15 is 0 Å². The molecule has 0 heterocycles. The molecule has 0 saturated heterocycles. The van der Waals surface area contributed by atoms with Gasteiger partial charge in [-0.3, -0.25) is 4.79 Å². The molecule has 0 unspecified atom stereocenters. The molecule has 0 bridgehead atoms. The molecular formula is C19H29N3O2. The number of carbonyl (C=O) groups is 2. The second-order valence-electron chi connectivity index (χ2n) is 7.30. The Morgan fingerprint density at radius 2 is 1.83 bits per heavy atom. The van der Waals surface area contributed by atoms with Crippen LogP contribution in [0.2, 0.25) is 0 Å². The number of nitrogens with one attached hydrogen (secondary N) is 2. The lowest BCUT2D eigenvalue weighted by Gasteiger charge is -2.21. The van der Waals surface area contributed by atoms with E-state index in [4.69, 9.17) is 5.73 Å². The number of primary amides is 1. The van der Waals surface area contributed by atoms with Gasteiger partial charge in [0, 0.05) is 11.7 Å². The number of nitrogens with two attached hydrogens (primary N) is 1. The Kier molecular flexibility index (Phi) is 5.86. The van der Waals surface area contributed by atoms with Crippen molar-refractivity contribution in [2.75, 3.05) is 5.32 Å². The molecular weight excluding hydrogens is 302 g/mol. The molecule has 1 saturated carbocycles. The number of hydrogen-bond acceptors (Lipinski definition) is 2. The smallest absolute Gasteiger partial charge is 0.319 e. The summed E-state index contributed by atoms with van der Waals surface area (Å²) >= 11 is 0. The summed E-state index contributed by atoms with van der Waals surface area (Å²) in [5.41, 5.74) is 8.61. The van der Waals surface area contributed by atoms with Gasteiger partial charge in [-0.25, -0.2) is 4.79 Å². The number of amides is 3. The van der Waals surface area contributed by atoms with Gasteiger partial charge in [-0.2, -0.15) is 0 Å². The maximum absolute atomic E-state index is 12.4. The fourth-order valence-corrected chi connectivity index (χ4v) is 3.33. The van der Waals surface area contributed by atoms with E-state index in [0.29, 0.717) is 11.8 Å². The van der Waals surface area contributed by atoms with Crippen molar-refractivity contribution in [3.63, 3.8) is 0 Å². The maximum atomic E-state index is 12.4. The van der Waals surface area contributed by atoms with Crippen molar-refractivity contribution in [1.82, 2.24) is 5.32 Å². The van der Waals surface area contributed by atoms with Gasteiger partial charge in [0.2, 0.25) is 5.91 Å². The maximum Gasteiger partial charge on any atom is 0.319 e. The molecule has 1 fully saturated rings. The lowest BCUT2D eigenvalue weighted by Crippen LogP contribution is -2.44. The van der Waals surface area contributed by atoms with Crippen molar-refractivity contribution in [3.05, 3.63) is 29.3 Å². The van der Waals surface area contributed by atoms with Crippen molar-refractivity contribution in [1.29, 1.82) is 0 Å². The summed E-state index contributed by atoms with van der Waals surface area (Å²) in [4.78, 5) is 23.8. The fraction of sp³-hybridized carbons (Fsp3) is 0.579. The minimum absolute atomic E-state index is 0.167. The highest BCUT2D eigenvalue weighted by Crippen LogP contribution is 2.29. The molecule has 5 heteroatoms. The van der Waals surface area contributed by atoms with E-state index < -0.39 is 0 Å². The molecule has 2 atom stereocenters. The average molecular weight is 331 g/mol. The molecule has 3 amide bonds. The standard InChI is InChI=1S/C19H29N3O2/c1-11(2)13-8-9-17(15(10-13)12(3)4)22-19(24)21-16-7-5-6-14(16)18(20)23/h8-12,14,16H,5-7H2,1-4H3,(H2,20,23)(H2,21,22,24)/t14-,16-/m0/s1. The second-order valence-corrected chi connectivity index (χ2v) is 7.30. The third-order valence-corrected chi connectivity index (χ3v) is 4.81. The number of hydrogen-bond donors (Lipinski definition) is 3. The number of carbonyl (C=O) groups excluding carboxylic acids is 2. The number of benzene rings is 1. The molecule has 2 rings (SSSR count). The molecule has 0 aliphatic heterocycles. The first-order valence-corrected chi connectivity index (χ1v) is 8.80. The lowest BCUT2D eigenvalue weighted by molar-refractivity contribution is -0.122. The number of rotatable bonds is 5. The molecule has 0 spiro atoms. The van der Waals surface area contributed by atoms with Crippen LogP contribution in [0.4, 0.5) is 10.5 Å². The first kappa shape index (κ1) is 18.3. The van der Waals surface area contributed by atoms with Crippen LogP contribution in [-0.4, -0.2) is 18.0 Å². The van der Waals surface area contributed by atoms with Crippen LogP contribution in [-0.2, 0) is 4.79 Å². The molecule has 0 aromatic heterocycles. The van der Waals surface area contributed by atoms with Gasteiger partial charge in [0.1, 0.15) is 0 Å². The van der Waals surface area contributed by atoms with Crippen LogP contribution in [0.25, 0.3) is 0 Å². The summed E-state index contributed by atoms with van der Waals surface area (Å²) in [5.74, 6) is 0.162. The SMILES string of the molecule is CC(C)c1ccc(NC(=O)N[C@H]2CCC[C@@H]2C(N)=O)c(C(C)C)c1. The van der Waals surface area contributed by atoms with Gasteiger partial charge < -0.3 is 16.4 Å². The van der Waals surface area contributed by atoms with Gasteiger partial charge in [0.25, 0.3) is 0 Å². The lowest BCUT2D eigenvalue weighted by atomic mass is 9.94. The van der Waals surface area contributed by atoms with Crippen molar-refractivity contribution in [2.45, 2.75) is 64.8 Å². The molecule has 1 aliphatic rings. The Morgan fingerprint density at radius 3 is 2.42 bits per heavy atom. The monoisotopic (exact) mass is 331 g/mol. The van der Waals surface area contributed by atoms with Gasteiger partial charge >= 0.3 is 6.03 Å². The zero-order valence-electron chi connectivity index (χ0n) is 15.1. The predicted octanol–water partition coefficient (Wildman–Crippen LogP) is 3.71. The van der Waals surface area contributed by atoms with Crippen LogP contribution in [0, 0.1) is 5.92 Å². The Hall–Kier alpha value is -2.04. The quantitative estimate of drug-likeness (QED) is 0.768. The summed E-state index contributed by atoms with van der Waals surface area (Å²) in [7, 11) is 0. The molecule has 1 aromatic carbocycles. The largest absolute Gasteiger partial charge is 0.369 e. The first-order valence-electron chi connectivity index (χ1n) is 8.80. The van der Waals surface area contributed by atoms with Crippen molar-refractivity contribution in [2.24, 2.45) is 11.7 Å². The van der Waals surface area contributed by atoms with Crippen LogP contribution in [0.1, 0.15) is 69.9 Å². The normalized spacial score (nSPS) is 20.4. The highest BCUT2D eigenvalue weighted by Gasteiger charge is 2.32. The predicted molar refractivity (Wildman–Crippen MR) is 97.1 cm³/mol. The second kappa shape index (κ2) is 7.69.